The van der Waals surface area contributed by atoms with Gasteiger partial charge in [0, 0.05) is 24.6 Å². The summed E-state index contributed by atoms with van der Waals surface area (Å²) in [5, 5.41) is 4.02. The summed E-state index contributed by atoms with van der Waals surface area (Å²) in [7, 11) is -3.56. The van der Waals surface area contributed by atoms with E-state index in [2.05, 4.69) is 9.82 Å². The molecule has 3 N–H and O–H groups in total. The summed E-state index contributed by atoms with van der Waals surface area (Å²) in [6.07, 6.45) is 3.43. The molecule has 0 fully saturated rings. The topological polar surface area (TPSA) is 90.0 Å². The van der Waals surface area contributed by atoms with Crippen molar-refractivity contribution in [3.8, 4) is 0 Å². The number of nitrogens with one attached hydrogen (secondary N) is 1. The van der Waals surface area contributed by atoms with Gasteiger partial charge < -0.3 is 5.73 Å². The summed E-state index contributed by atoms with van der Waals surface area (Å²) in [4.78, 5) is 0.232. The Kier molecular flexibility index (Phi) is 4.10. The fourth-order valence-electron chi connectivity index (χ4n) is 1.94. The SMILES string of the molecule is Cc1cc(N)cc(S(=O)(=O)NCCn2cccn2)c1C. The lowest BCUT2D eigenvalue weighted by Crippen LogP contribution is -2.28. The van der Waals surface area contributed by atoms with Crippen molar-refractivity contribution in [2.24, 2.45) is 0 Å². The first-order valence-corrected chi connectivity index (χ1v) is 7.72. The average Bonchev–Trinajstić information content (AvgIpc) is 2.86. The maximum absolute atomic E-state index is 12.3. The molecule has 2 aromatic rings. The molecule has 108 valence electrons. The van der Waals surface area contributed by atoms with Crippen molar-refractivity contribution in [2.75, 3.05) is 12.3 Å². The minimum Gasteiger partial charge on any atom is -0.399 e. The number of aryl methyl sites for hydroxylation is 1. The van der Waals surface area contributed by atoms with Crippen LogP contribution in [0, 0.1) is 13.8 Å². The molecule has 1 heterocycles. The Hall–Kier alpha value is -1.86. The molecule has 0 unspecified atom stereocenters. The first kappa shape index (κ1) is 14.5. The minimum absolute atomic E-state index is 0.232. The molecule has 1 aromatic carbocycles. The summed E-state index contributed by atoms with van der Waals surface area (Å²) in [6, 6.07) is 5.04. The van der Waals surface area contributed by atoms with Gasteiger partial charge in [-0.3, -0.25) is 4.68 Å². The third kappa shape index (κ3) is 3.17. The number of benzene rings is 1. The third-order valence-corrected chi connectivity index (χ3v) is 4.71. The molecule has 0 aliphatic heterocycles. The maximum atomic E-state index is 12.3. The highest BCUT2D eigenvalue weighted by Gasteiger charge is 2.18. The van der Waals surface area contributed by atoms with Crippen molar-refractivity contribution < 1.29 is 8.42 Å². The number of hydrogen-bond acceptors (Lipinski definition) is 4. The lowest BCUT2D eigenvalue weighted by Gasteiger charge is -2.12. The van der Waals surface area contributed by atoms with E-state index in [0.717, 1.165) is 5.56 Å². The van der Waals surface area contributed by atoms with Crippen LogP contribution in [0.5, 0.6) is 0 Å². The predicted octanol–water partition coefficient (Wildman–Crippen LogP) is 1.06. The number of hydrogen-bond donors (Lipinski definition) is 2. The molecule has 0 saturated heterocycles. The molecule has 0 atom stereocenters. The second-order valence-electron chi connectivity index (χ2n) is 4.63. The second-order valence-corrected chi connectivity index (χ2v) is 6.36. The van der Waals surface area contributed by atoms with Crippen molar-refractivity contribution in [1.82, 2.24) is 14.5 Å². The van der Waals surface area contributed by atoms with Gasteiger partial charge in [-0.25, -0.2) is 13.1 Å². The molecule has 20 heavy (non-hydrogen) atoms. The van der Waals surface area contributed by atoms with E-state index < -0.39 is 10.0 Å². The standard InChI is InChI=1S/C13H18N4O2S/c1-10-8-12(14)9-13(11(10)2)20(18,19)16-5-7-17-6-3-4-15-17/h3-4,6,8-9,16H,5,7,14H2,1-2H3. The lowest BCUT2D eigenvalue weighted by atomic mass is 10.1. The van der Waals surface area contributed by atoms with Gasteiger partial charge in [-0.2, -0.15) is 5.10 Å². The molecule has 7 heteroatoms. The van der Waals surface area contributed by atoms with Crippen molar-refractivity contribution in [1.29, 1.82) is 0 Å². The Morgan fingerprint density at radius 3 is 2.75 bits per heavy atom. The summed E-state index contributed by atoms with van der Waals surface area (Å²) in [5.41, 5.74) is 7.74. The van der Waals surface area contributed by atoms with Gasteiger partial charge in [-0.1, -0.05) is 0 Å². The summed E-state index contributed by atoms with van der Waals surface area (Å²) in [5.74, 6) is 0. The Morgan fingerprint density at radius 1 is 1.35 bits per heavy atom. The maximum Gasteiger partial charge on any atom is 0.240 e. The molecular formula is C13H18N4O2S. The largest absolute Gasteiger partial charge is 0.399 e. The highest BCUT2D eigenvalue weighted by atomic mass is 32.2. The van der Waals surface area contributed by atoms with E-state index in [1.807, 2.05) is 6.92 Å². The molecule has 0 aliphatic rings. The number of nitrogen functional groups attached to an aromatic ring is 1. The number of anilines is 1. The number of nitrogens with two attached hydrogens (primary N) is 1. The van der Waals surface area contributed by atoms with Crippen LogP contribution in [-0.4, -0.2) is 24.7 Å². The van der Waals surface area contributed by atoms with Crippen LogP contribution in [0.1, 0.15) is 11.1 Å². The third-order valence-electron chi connectivity index (χ3n) is 3.12. The van der Waals surface area contributed by atoms with Crippen molar-refractivity contribution in [3.05, 3.63) is 41.7 Å². The first-order valence-electron chi connectivity index (χ1n) is 6.24. The molecule has 2 rings (SSSR count). The average molecular weight is 294 g/mol. The smallest absolute Gasteiger partial charge is 0.240 e. The van der Waals surface area contributed by atoms with Gasteiger partial charge in [0.05, 0.1) is 11.4 Å². The monoisotopic (exact) mass is 294 g/mol. The van der Waals surface area contributed by atoms with Gasteiger partial charge in [-0.05, 0) is 43.2 Å². The van der Waals surface area contributed by atoms with E-state index in [-0.39, 0.29) is 11.4 Å². The summed E-state index contributed by atoms with van der Waals surface area (Å²) >= 11 is 0. The molecule has 6 nitrogen and oxygen atoms in total. The molecule has 0 radical (unpaired) electrons. The second kappa shape index (κ2) is 5.64. The van der Waals surface area contributed by atoms with Crippen molar-refractivity contribution in [3.63, 3.8) is 0 Å². The van der Waals surface area contributed by atoms with Crippen LogP contribution >= 0.6 is 0 Å². The van der Waals surface area contributed by atoms with E-state index in [1.165, 1.54) is 6.07 Å². The summed E-state index contributed by atoms with van der Waals surface area (Å²) in [6.45, 7) is 4.37. The van der Waals surface area contributed by atoms with Gasteiger partial charge in [-0.15, -0.1) is 0 Å². The lowest BCUT2D eigenvalue weighted by molar-refractivity contribution is 0.560. The van der Waals surface area contributed by atoms with Crippen LogP contribution in [0.4, 0.5) is 5.69 Å². The van der Waals surface area contributed by atoms with Crippen molar-refractivity contribution >= 4 is 15.7 Å². The summed E-state index contributed by atoms with van der Waals surface area (Å²) < 4.78 is 28.8. The van der Waals surface area contributed by atoms with Crippen LogP contribution in [-0.2, 0) is 16.6 Å². The Labute approximate surface area is 118 Å². The normalized spacial score (nSPS) is 11.7. The van der Waals surface area contributed by atoms with Gasteiger partial charge in [0.15, 0.2) is 0 Å². The molecule has 0 aliphatic carbocycles. The van der Waals surface area contributed by atoms with Crippen molar-refractivity contribution in [2.45, 2.75) is 25.3 Å². The van der Waals surface area contributed by atoms with E-state index in [0.29, 0.717) is 17.8 Å². The van der Waals surface area contributed by atoms with E-state index in [1.54, 1.807) is 36.1 Å². The molecule has 0 spiro atoms. The number of sulfonamides is 1. The zero-order valence-electron chi connectivity index (χ0n) is 11.5. The molecule has 0 bridgehead atoms. The highest BCUT2D eigenvalue weighted by Crippen LogP contribution is 2.21. The van der Waals surface area contributed by atoms with Gasteiger partial charge in [0.2, 0.25) is 10.0 Å². The van der Waals surface area contributed by atoms with E-state index in [4.69, 9.17) is 5.73 Å². The fraction of sp³-hybridized carbons (Fsp3) is 0.308. The Morgan fingerprint density at radius 2 is 2.10 bits per heavy atom. The van der Waals surface area contributed by atoms with E-state index >= 15 is 0 Å². The van der Waals surface area contributed by atoms with Gasteiger partial charge in [0.25, 0.3) is 0 Å². The van der Waals surface area contributed by atoms with Crippen LogP contribution in [0.25, 0.3) is 0 Å². The Bertz CT molecular complexity index is 693. The van der Waals surface area contributed by atoms with Gasteiger partial charge in [0.1, 0.15) is 0 Å². The molecule has 0 amide bonds. The van der Waals surface area contributed by atoms with Gasteiger partial charge >= 0.3 is 0 Å². The molecule has 0 saturated carbocycles. The van der Waals surface area contributed by atoms with Crippen LogP contribution in [0.2, 0.25) is 0 Å². The molecular weight excluding hydrogens is 276 g/mol. The fourth-order valence-corrected chi connectivity index (χ4v) is 3.31. The zero-order valence-corrected chi connectivity index (χ0v) is 12.3. The van der Waals surface area contributed by atoms with Crippen LogP contribution in [0.15, 0.2) is 35.5 Å². The van der Waals surface area contributed by atoms with E-state index in [9.17, 15) is 8.42 Å². The Balaban J connectivity index is 2.14. The number of aromatic nitrogens is 2. The molecule has 1 aromatic heterocycles. The quantitative estimate of drug-likeness (QED) is 0.807. The highest BCUT2D eigenvalue weighted by molar-refractivity contribution is 7.89. The number of nitrogens with zero attached hydrogens (tertiary/aromatic N) is 2. The minimum atomic E-state index is -3.56. The number of rotatable bonds is 5. The predicted molar refractivity (Wildman–Crippen MR) is 77.7 cm³/mol. The zero-order chi connectivity index (χ0) is 14.8. The van der Waals surface area contributed by atoms with Crippen LogP contribution < -0.4 is 10.5 Å². The van der Waals surface area contributed by atoms with Crippen LogP contribution in [0.3, 0.4) is 0 Å². The first-order chi connectivity index (χ1) is 9.40.